The summed E-state index contributed by atoms with van der Waals surface area (Å²) in [7, 11) is 3.21. The zero-order valence-corrected chi connectivity index (χ0v) is 23.2. The van der Waals surface area contributed by atoms with Gasteiger partial charge >= 0.3 is 6.03 Å². The second-order valence-electron chi connectivity index (χ2n) is 8.20. The molecule has 0 unspecified atom stereocenters. The molecule has 36 heavy (non-hydrogen) atoms. The predicted octanol–water partition coefficient (Wildman–Crippen LogP) is 6.04. The number of nitrogens with zero attached hydrogens (tertiary/aromatic N) is 2. The van der Waals surface area contributed by atoms with Gasteiger partial charge in [0.1, 0.15) is 6.54 Å². The molecule has 0 saturated carbocycles. The van der Waals surface area contributed by atoms with Gasteiger partial charge in [-0.25, -0.2) is 4.79 Å². The molecule has 0 fully saturated rings. The van der Waals surface area contributed by atoms with Crippen molar-refractivity contribution in [2.24, 2.45) is 0 Å². The third-order valence-electron chi connectivity index (χ3n) is 5.58. The van der Waals surface area contributed by atoms with Crippen LogP contribution in [0.2, 0.25) is 0 Å². The number of methoxy groups -OCH3 is 2. The summed E-state index contributed by atoms with van der Waals surface area (Å²) >= 11 is 5.03. The number of benzene rings is 2. The molecular weight excluding hydrogens is 542 g/mol. The molecule has 0 radical (unpaired) electrons. The fourth-order valence-corrected chi connectivity index (χ4v) is 4.86. The molecule has 0 aliphatic rings. The van der Waals surface area contributed by atoms with Gasteiger partial charge in [0.15, 0.2) is 11.5 Å². The minimum absolute atomic E-state index is 0.00495. The van der Waals surface area contributed by atoms with Crippen LogP contribution in [-0.2, 0) is 17.8 Å². The summed E-state index contributed by atoms with van der Waals surface area (Å²) in [5.41, 5.74) is 1.71. The molecule has 0 saturated heterocycles. The molecule has 0 aliphatic carbocycles. The highest BCUT2D eigenvalue weighted by atomic mass is 79.9. The van der Waals surface area contributed by atoms with E-state index in [1.165, 1.54) is 0 Å². The van der Waals surface area contributed by atoms with Crippen molar-refractivity contribution in [3.8, 4) is 11.5 Å². The topological polar surface area (TPSA) is 71.1 Å². The summed E-state index contributed by atoms with van der Waals surface area (Å²) < 4.78 is 11.6. The Morgan fingerprint density at radius 3 is 2.44 bits per heavy atom. The Labute approximate surface area is 225 Å². The van der Waals surface area contributed by atoms with E-state index >= 15 is 0 Å². The molecule has 1 aromatic heterocycles. The van der Waals surface area contributed by atoms with Gasteiger partial charge in [-0.3, -0.25) is 4.79 Å². The smallest absolute Gasteiger partial charge is 0.322 e. The molecule has 3 rings (SSSR count). The van der Waals surface area contributed by atoms with Crippen molar-refractivity contribution in [3.63, 3.8) is 0 Å². The van der Waals surface area contributed by atoms with Crippen molar-refractivity contribution in [3.05, 3.63) is 74.9 Å². The summed E-state index contributed by atoms with van der Waals surface area (Å²) in [6, 6.07) is 16.9. The summed E-state index contributed by atoms with van der Waals surface area (Å²) in [5.74, 6) is 1.23. The first-order chi connectivity index (χ1) is 17.4. The van der Waals surface area contributed by atoms with E-state index in [9.17, 15) is 9.59 Å². The van der Waals surface area contributed by atoms with Crippen LogP contribution in [-0.4, -0.2) is 55.6 Å². The lowest BCUT2D eigenvalue weighted by Crippen LogP contribution is -2.45. The maximum absolute atomic E-state index is 13.5. The molecule has 1 N–H and O–H groups in total. The Morgan fingerprint density at radius 1 is 0.972 bits per heavy atom. The van der Waals surface area contributed by atoms with Gasteiger partial charge in [-0.15, -0.1) is 11.3 Å². The molecule has 1 heterocycles. The highest BCUT2D eigenvalue weighted by molar-refractivity contribution is 9.10. The fourth-order valence-electron chi connectivity index (χ4n) is 3.74. The third kappa shape index (κ3) is 7.99. The van der Waals surface area contributed by atoms with Gasteiger partial charge in [-0.05, 0) is 60.2 Å². The minimum Gasteiger partial charge on any atom is -0.493 e. The summed E-state index contributed by atoms with van der Waals surface area (Å²) in [4.78, 5) is 31.0. The van der Waals surface area contributed by atoms with Crippen LogP contribution >= 0.6 is 27.3 Å². The second kappa shape index (κ2) is 13.9. The Morgan fingerprint density at radius 2 is 1.78 bits per heavy atom. The van der Waals surface area contributed by atoms with Crippen LogP contribution in [0, 0.1) is 0 Å². The number of thiophene rings is 1. The van der Waals surface area contributed by atoms with E-state index in [1.54, 1.807) is 30.5 Å². The van der Waals surface area contributed by atoms with E-state index in [2.05, 4.69) is 21.2 Å². The van der Waals surface area contributed by atoms with Crippen LogP contribution in [0.4, 0.5) is 10.5 Å². The molecule has 3 aromatic rings. The van der Waals surface area contributed by atoms with E-state index in [1.807, 2.05) is 71.8 Å². The van der Waals surface area contributed by atoms with E-state index in [-0.39, 0.29) is 18.5 Å². The molecule has 0 bridgehead atoms. The zero-order valence-electron chi connectivity index (χ0n) is 20.8. The van der Waals surface area contributed by atoms with Crippen molar-refractivity contribution in [1.29, 1.82) is 0 Å². The number of amides is 3. The number of nitrogens with one attached hydrogen (secondary N) is 1. The van der Waals surface area contributed by atoms with Crippen molar-refractivity contribution in [1.82, 2.24) is 9.80 Å². The summed E-state index contributed by atoms with van der Waals surface area (Å²) in [6.07, 6.45) is 1.39. The lowest BCUT2D eigenvalue weighted by Gasteiger charge is -2.27. The minimum atomic E-state index is -0.292. The van der Waals surface area contributed by atoms with Gasteiger partial charge in [0.05, 0.1) is 20.8 Å². The van der Waals surface area contributed by atoms with Crippen LogP contribution in [0.1, 0.15) is 23.8 Å². The first-order valence-electron chi connectivity index (χ1n) is 11.8. The average molecular weight is 575 g/mol. The standard InChI is InChI=1S/C27H32BrN3O4S/c1-4-13-31(27(33)29-22-8-5-7-21(28)17-22)19-26(32)30(18-23-9-6-15-36-23)14-12-20-10-11-24(34-2)25(16-20)35-3/h5-11,15-17H,4,12-14,18-19H2,1-3H3,(H,29,33). The maximum atomic E-state index is 13.5. The summed E-state index contributed by atoms with van der Waals surface area (Å²) in [6.45, 7) is 3.49. The second-order valence-corrected chi connectivity index (χ2v) is 10.1. The van der Waals surface area contributed by atoms with Gasteiger partial charge < -0.3 is 24.6 Å². The number of rotatable bonds is 12. The van der Waals surface area contributed by atoms with Crippen molar-refractivity contribution in [2.75, 3.05) is 39.2 Å². The Hall–Kier alpha value is -3.04. The number of carbonyl (C=O) groups is 2. The van der Waals surface area contributed by atoms with Gasteiger partial charge in [-0.2, -0.15) is 0 Å². The van der Waals surface area contributed by atoms with Crippen molar-refractivity contribution >= 4 is 44.9 Å². The van der Waals surface area contributed by atoms with Crippen LogP contribution in [0.5, 0.6) is 11.5 Å². The molecule has 0 spiro atoms. The Balaban J connectivity index is 1.71. The van der Waals surface area contributed by atoms with Gasteiger partial charge in [0.25, 0.3) is 0 Å². The first-order valence-corrected chi connectivity index (χ1v) is 13.4. The van der Waals surface area contributed by atoms with Gasteiger partial charge in [0.2, 0.25) is 5.91 Å². The van der Waals surface area contributed by atoms with E-state index < -0.39 is 0 Å². The number of hydrogen-bond acceptors (Lipinski definition) is 5. The monoisotopic (exact) mass is 573 g/mol. The first kappa shape index (κ1) is 27.5. The van der Waals surface area contributed by atoms with E-state index in [0.29, 0.717) is 43.2 Å². The van der Waals surface area contributed by atoms with Crippen LogP contribution < -0.4 is 14.8 Å². The lowest BCUT2D eigenvalue weighted by molar-refractivity contribution is -0.132. The normalized spacial score (nSPS) is 10.6. The quantitative estimate of drug-likeness (QED) is 0.286. The molecule has 192 valence electrons. The number of urea groups is 1. The SMILES string of the molecule is CCCN(CC(=O)N(CCc1ccc(OC)c(OC)c1)Cc1cccs1)C(=O)Nc1cccc(Br)c1. The fraction of sp³-hybridized carbons (Fsp3) is 0.333. The maximum Gasteiger partial charge on any atom is 0.322 e. The predicted molar refractivity (Wildman–Crippen MR) is 148 cm³/mol. The summed E-state index contributed by atoms with van der Waals surface area (Å²) in [5, 5.41) is 4.90. The molecule has 9 heteroatoms. The van der Waals surface area contributed by atoms with E-state index in [4.69, 9.17) is 9.47 Å². The van der Waals surface area contributed by atoms with Gasteiger partial charge in [-0.1, -0.05) is 41.1 Å². The van der Waals surface area contributed by atoms with Crippen molar-refractivity contribution in [2.45, 2.75) is 26.3 Å². The van der Waals surface area contributed by atoms with E-state index in [0.717, 1.165) is 21.3 Å². The Bertz CT molecular complexity index is 1140. The average Bonchev–Trinajstić information content (AvgIpc) is 3.39. The lowest BCUT2D eigenvalue weighted by atomic mass is 10.1. The van der Waals surface area contributed by atoms with Crippen molar-refractivity contribution < 1.29 is 19.1 Å². The van der Waals surface area contributed by atoms with Crippen LogP contribution in [0.25, 0.3) is 0 Å². The molecule has 0 atom stereocenters. The number of carbonyl (C=O) groups excluding carboxylic acids is 2. The third-order valence-corrected chi connectivity index (χ3v) is 6.93. The highest BCUT2D eigenvalue weighted by Gasteiger charge is 2.22. The molecule has 2 aromatic carbocycles. The highest BCUT2D eigenvalue weighted by Crippen LogP contribution is 2.28. The molecule has 0 aliphatic heterocycles. The van der Waals surface area contributed by atoms with Crippen LogP contribution in [0.15, 0.2) is 64.5 Å². The van der Waals surface area contributed by atoms with Crippen LogP contribution in [0.3, 0.4) is 0 Å². The van der Waals surface area contributed by atoms with Gasteiger partial charge in [0, 0.05) is 28.1 Å². The number of halogens is 1. The zero-order chi connectivity index (χ0) is 25.9. The number of ether oxygens (including phenoxy) is 2. The molecule has 3 amide bonds. The molecular formula is C27H32BrN3O4S. The Kier molecular flexibility index (Phi) is 10.6. The molecule has 7 nitrogen and oxygen atoms in total. The number of anilines is 1. The largest absolute Gasteiger partial charge is 0.493 e. The number of hydrogen-bond donors (Lipinski definition) is 1.